The Morgan fingerprint density at radius 1 is 1.10 bits per heavy atom. The van der Waals surface area contributed by atoms with Gasteiger partial charge in [0.05, 0.1) is 5.56 Å². The van der Waals surface area contributed by atoms with E-state index < -0.39 is 26.7 Å². The highest BCUT2D eigenvalue weighted by atomic mass is 32.2. The number of aromatic carboxylic acids is 1. The molecule has 0 amide bonds. The molecule has 21 heavy (non-hydrogen) atoms. The van der Waals surface area contributed by atoms with Crippen LogP contribution in [0.1, 0.15) is 15.9 Å². The molecule has 0 aliphatic rings. The van der Waals surface area contributed by atoms with Crippen molar-refractivity contribution in [2.75, 3.05) is 0 Å². The van der Waals surface area contributed by atoms with Gasteiger partial charge in [0.1, 0.15) is 10.7 Å². The van der Waals surface area contributed by atoms with Gasteiger partial charge in [-0.05, 0) is 29.8 Å². The van der Waals surface area contributed by atoms with E-state index in [4.69, 9.17) is 5.11 Å². The Kier molecular flexibility index (Phi) is 4.35. The Morgan fingerprint density at radius 3 is 2.29 bits per heavy atom. The van der Waals surface area contributed by atoms with Gasteiger partial charge in [-0.2, -0.15) is 0 Å². The molecule has 0 fully saturated rings. The van der Waals surface area contributed by atoms with Gasteiger partial charge in [-0.25, -0.2) is 22.3 Å². The van der Waals surface area contributed by atoms with E-state index in [9.17, 15) is 17.6 Å². The van der Waals surface area contributed by atoms with Crippen molar-refractivity contribution in [1.29, 1.82) is 0 Å². The summed E-state index contributed by atoms with van der Waals surface area (Å²) in [6.45, 7) is -0.0590. The van der Waals surface area contributed by atoms with Gasteiger partial charge in [-0.15, -0.1) is 0 Å². The molecule has 0 unspecified atom stereocenters. The van der Waals surface area contributed by atoms with Crippen molar-refractivity contribution in [2.45, 2.75) is 11.4 Å². The highest BCUT2D eigenvalue weighted by molar-refractivity contribution is 7.89. The lowest BCUT2D eigenvalue weighted by Gasteiger charge is -2.07. The normalized spacial score (nSPS) is 11.3. The highest BCUT2D eigenvalue weighted by Crippen LogP contribution is 2.14. The maximum absolute atomic E-state index is 13.5. The highest BCUT2D eigenvalue weighted by Gasteiger charge is 2.17. The third-order valence-electron chi connectivity index (χ3n) is 2.79. The first-order valence-corrected chi connectivity index (χ1v) is 7.45. The van der Waals surface area contributed by atoms with Gasteiger partial charge in [0.2, 0.25) is 10.0 Å². The van der Waals surface area contributed by atoms with E-state index in [1.165, 1.54) is 42.5 Å². The first kappa shape index (κ1) is 15.1. The molecule has 0 saturated heterocycles. The second kappa shape index (κ2) is 6.02. The molecule has 2 aromatic carbocycles. The van der Waals surface area contributed by atoms with Crippen molar-refractivity contribution in [1.82, 2.24) is 4.72 Å². The van der Waals surface area contributed by atoms with Crippen LogP contribution < -0.4 is 4.72 Å². The lowest BCUT2D eigenvalue weighted by atomic mass is 10.1. The Labute approximate surface area is 121 Å². The molecule has 0 saturated carbocycles. The molecule has 0 aromatic heterocycles. The average molecular weight is 309 g/mol. The maximum atomic E-state index is 13.5. The summed E-state index contributed by atoms with van der Waals surface area (Å²) in [6, 6.07) is 10.8. The van der Waals surface area contributed by atoms with E-state index >= 15 is 0 Å². The summed E-state index contributed by atoms with van der Waals surface area (Å²) in [7, 11) is -3.96. The van der Waals surface area contributed by atoms with Crippen LogP contribution in [0, 0.1) is 5.82 Å². The zero-order valence-electron chi connectivity index (χ0n) is 10.8. The Hall–Kier alpha value is -2.25. The molecular formula is C14H12FNO4S. The lowest BCUT2D eigenvalue weighted by Crippen LogP contribution is -2.24. The van der Waals surface area contributed by atoms with Crippen molar-refractivity contribution in [3.05, 3.63) is 65.5 Å². The van der Waals surface area contributed by atoms with E-state index in [1.807, 2.05) is 0 Å². The van der Waals surface area contributed by atoms with E-state index in [2.05, 4.69) is 4.72 Å². The Bertz CT molecular complexity index is 757. The molecule has 0 bridgehead atoms. The first-order valence-electron chi connectivity index (χ1n) is 5.96. The van der Waals surface area contributed by atoms with Crippen LogP contribution in [0.5, 0.6) is 0 Å². The fourth-order valence-corrected chi connectivity index (χ4v) is 2.78. The number of benzene rings is 2. The second-order valence-electron chi connectivity index (χ2n) is 4.26. The van der Waals surface area contributed by atoms with Gasteiger partial charge < -0.3 is 5.11 Å². The van der Waals surface area contributed by atoms with Crippen LogP contribution in [-0.4, -0.2) is 19.5 Å². The molecule has 2 aromatic rings. The molecule has 2 rings (SSSR count). The molecule has 0 aliphatic heterocycles. The second-order valence-corrected chi connectivity index (χ2v) is 5.99. The summed E-state index contributed by atoms with van der Waals surface area (Å²) in [4.78, 5) is 10.3. The standard InChI is InChI=1S/C14H12FNO4S/c15-12-3-1-2-4-13(12)21(19,20)16-9-10-5-7-11(8-6-10)14(17)18/h1-8,16H,9H2,(H,17,18). The fourth-order valence-electron chi connectivity index (χ4n) is 1.68. The molecule has 2 N–H and O–H groups in total. The third-order valence-corrected chi connectivity index (χ3v) is 4.23. The lowest BCUT2D eigenvalue weighted by molar-refractivity contribution is 0.0697. The smallest absolute Gasteiger partial charge is 0.335 e. The zero-order valence-corrected chi connectivity index (χ0v) is 11.6. The quantitative estimate of drug-likeness (QED) is 0.885. The Balaban J connectivity index is 2.12. The van der Waals surface area contributed by atoms with Gasteiger partial charge >= 0.3 is 5.97 Å². The summed E-state index contributed by atoms with van der Waals surface area (Å²) >= 11 is 0. The number of nitrogens with one attached hydrogen (secondary N) is 1. The van der Waals surface area contributed by atoms with Gasteiger partial charge in [0.25, 0.3) is 0 Å². The topological polar surface area (TPSA) is 83.5 Å². The van der Waals surface area contributed by atoms with Crippen molar-refractivity contribution < 1.29 is 22.7 Å². The van der Waals surface area contributed by atoms with Crippen LogP contribution >= 0.6 is 0 Å². The van der Waals surface area contributed by atoms with Gasteiger partial charge in [-0.3, -0.25) is 0 Å². The molecule has 0 spiro atoms. The van der Waals surface area contributed by atoms with Gasteiger partial charge in [-0.1, -0.05) is 24.3 Å². The summed E-state index contributed by atoms with van der Waals surface area (Å²) < 4.78 is 39.6. The van der Waals surface area contributed by atoms with Gasteiger partial charge in [0.15, 0.2) is 0 Å². The number of carbonyl (C=O) groups is 1. The SMILES string of the molecule is O=C(O)c1ccc(CNS(=O)(=O)c2ccccc2F)cc1. The van der Waals surface area contributed by atoms with E-state index in [1.54, 1.807) is 0 Å². The number of hydrogen-bond acceptors (Lipinski definition) is 3. The first-order chi connectivity index (χ1) is 9.90. The molecule has 110 valence electrons. The maximum Gasteiger partial charge on any atom is 0.335 e. The summed E-state index contributed by atoms with van der Waals surface area (Å²) in [5, 5.41) is 8.76. The summed E-state index contributed by atoms with van der Waals surface area (Å²) in [5.74, 6) is -1.89. The van der Waals surface area contributed by atoms with Crippen LogP contribution in [0.25, 0.3) is 0 Å². The minimum absolute atomic E-state index is 0.0590. The minimum Gasteiger partial charge on any atom is -0.478 e. The van der Waals surface area contributed by atoms with Crippen molar-refractivity contribution in [2.24, 2.45) is 0 Å². The molecule has 0 atom stereocenters. The van der Waals surface area contributed by atoms with Crippen LogP contribution in [-0.2, 0) is 16.6 Å². The number of carboxylic acids is 1. The van der Waals surface area contributed by atoms with Crippen LogP contribution in [0.4, 0.5) is 4.39 Å². The van der Waals surface area contributed by atoms with Crippen LogP contribution in [0.2, 0.25) is 0 Å². The molecule has 7 heteroatoms. The van der Waals surface area contributed by atoms with E-state index in [0.29, 0.717) is 5.56 Å². The Morgan fingerprint density at radius 2 is 1.71 bits per heavy atom. The summed E-state index contributed by atoms with van der Waals surface area (Å²) in [5.41, 5.74) is 0.677. The number of carboxylic acid groups (broad SMARTS) is 1. The monoisotopic (exact) mass is 309 g/mol. The zero-order chi connectivity index (χ0) is 15.5. The van der Waals surface area contributed by atoms with Crippen molar-refractivity contribution in [3.63, 3.8) is 0 Å². The minimum atomic E-state index is -3.96. The molecule has 0 radical (unpaired) electrons. The number of halogens is 1. The molecular weight excluding hydrogens is 297 g/mol. The largest absolute Gasteiger partial charge is 0.478 e. The fraction of sp³-hybridized carbons (Fsp3) is 0.0714. The van der Waals surface area contributed by atoms with Gasteiger partial charge in [0, 0.05) is 6.54 Å². The molecule has 5 nitrogen and oxygen atoms in total. The molecule has 0 aliphatic carbocycles. The third kappa shape index (κ3) is 3.65. The summed E-state index contributed by atoms with van der Waals surface area (Å²) in [6.07, 6.45) is 0. The van der Waals surface area contributed by atoms with Crippen LogP contribution in [0.15, 0.2) is 53.4 Å². The van der Waals surface area contributed by atoms with Crippen molar-refractivity contribution in [3.8, 4) is 0 Å². The number of rotatable bonds is 5. The van der Waals surface area contributed by atoms with Crippen LogP contribution in [0.3, 0.4) is 0 Å². The number of sulfonamides is 1. The molecule has 0 heterocycles. The van der Waals surface area contributed by atoms with E-state index in [-0.39, 0.29) is 12.1 Å². The predicted octanol–water partition coefficient (Wildman–Crippen LogP) is 2.00. The number of hydrogen-bond donors (Lipinski definition) is 2. The van der Waals surface area contributed by atoms with E-state index in [0.717, 1.165) is 6.07 Å². The average Bonchev–Trinajstić information content (AvgIpc) is 2.46. The predicted molar refractivity (Wildman–Crippen MR) is 73.8 cm³/mol. The van der Waals surface area contributed by atoms with Crippen molar-refractivity contribution >= 4 is 16.0 Å².